The largest absolute Gasteiger partial charge is 0.422 e. The van der Waals surface area contributed by atoms with Gasteiger partial charge in [0.1, 0.15) is 5.54 Å². The van der Waals surface area contributed by atoms with Gasteiger partial charge in [-0.3, -0.25) is 4.68 Å². The molecule has 0 saturated heterocycles. The number of aromatic nitrogens is 4. The van der Waals surface area contributed by atoms with Crippen LogP contribution < -0.4 is 0 Å². The Morgan fingerprint density at radius 1 is 1.35 bits per heavy atom. The van der Waals surface area contributed by atoms with E-state index in [0.717, 1.165) is 3.57 Å². The highest BCUT2D eigenvalue weighted by Crippen LogP contribution is 2.25. The quantitative estimate of drug-likeness (QED) is 0.802. The lowest BCUT2D eigenvalue weighted by Gasteiger charge is -2.20. The highest BCUT2D eigenvalue weighted by atomic mass is 127. The van der Waals surface area contributed by atoms with Gasteiger partial charge in [-0.2, -0.15) is 5.10 Å². The zero-order valence-corrected chi connectivity index (χ0v) is 12.5. The number of nitrogens with zero attached hydrogens (tertiary/aromatic N) is 4. The van der Waals surface area contributed by atoms with Gasteiger partial charge in [0.05, 0.1) is 9.77 Å². The SMILES string of the molecule is CC(C)c1nnc(C(C)(C)n2cc(I)cn2)o1. The summed E-state index contributed by atoms with van der Waals surface area (Å²) in [5.41, 5.74) is -0.427. The average Bonchev–Trinajstić information content (AvgIpc) is 2.85. The third kappa shape index (κ3) is 2.36. The van der Waals surface area contributed by atoms with Crippen LogP contribution in [0.2, 0.25) is 0 Å². The first kappa shape index (κ1) is 12.5. The van der Waals surface area contributed by atoms with Gasteiger partial charge in [-0.1, -0.05) is 13.8 Å². The van der Waals surface area contributed by atoms with Crippen LogP contribution in [0, 0.1) is 3.57 Å². The summed E-state index contributed by atoms with van der Waals surface area (Å²) in [6.07, 6.45) is 3.77. The molecule has 0 unspecified atom stereocenters. The molecule has 2 aromatic heterocycles. The van der Waals surface area contributed by atoms with Gasteiger partial charge in [-0.15, -0.1) is 10.2 Å². The second-order valence-electron chi connectivity index (χ2n) is 4.76. The molecule has 17 heavy (non-hydrogen) atoms. The molecule has 0 aliphatic rings. The van der Waals surface area contributed by atoms with Crippen LogP contribution in [0.4, 0.5) is 0 Å². The molecular weight excluding hydrogens is 331 g/mol. The first-order valence-corrected chi connectivity index (χ1v) is 6.53. The Hall–Kier alpha value is -0.920. The van der Waals surface area contributed by atoms with Crippen molar-refractivity contribution < 1.29 is 4.42 Å². The van der Waals surface area contributed by atoms with Gasteiger partial charge in [0.2, 0.25) is 11.8 Å². The molecule has 6 heteroatoms. The van der Waals surface area contributed by atoms with Gasteiger partial charge in [-0.25, -0.2) is 0 Å². The molecule has 0 aromatic carbocycles. The highest BCUT2D eigenvalue weighted by molar-refractivity contribution is 14.1. The summed E-state index contributed by atoms with van der Waals surface area (Å²) in [7, 11) is 0. The minimum absolute atomic E-state index is 0.241. The summed E-state index contributed by atoms with van der Waals surface area (Å²) < 4.78 is 8.61. The summed E-state index contributed by atoms with van der Waals surface area (Å²) in [4.78, 5) is 0. The number of halogens is 1. The average molecular weight is 346 g/mol. The first-order chi connectivity index (χ1) is 7.91. The smallest absolute Gasteiger partial charge is 0.243 e. The molecule has 0 atom stereocenters. The summed E-state index contributed by atoms with van der Waals surface area (Å²) in [6.45, 7) is 8.07. The van der Waals surface area contributed by atoms with E-state index < -0.39 is 5.54 Å². The Balaban J connectivity index is 2.37. The zero-order chi connectivity index (χ0) is 12.6. The molecule has 0 bridgehead atoms. The maximum Gasteiger partial charge on any atom is 0.243 e. The van der Waals surface area contributed by atoms with Crippen molar-refractivity contribution in [2.45, 2.75) is 39.2 Å². The summed E-state index contributed by atoms with van der Waals surface area (Å²) in [6, 6.07) is 0. The molecule has 0 N–H and O–H groups in total. The van der Waals surface area contributed by atoms with Crippen LogP contribution in [0.15, 0.2) is 16.8 Å². The third-order valence-corrected chi connectivity index (χ3v) is 3.14. The number of hydrogen-bond donors (Lipinski definition) is 0. The lowest BCUT2D eigenvalue weighted by Crippen LogP contribution is -2.28. The Labute approximate surface area is 114 Å². The minimum atomic E-state index is -0.427. The zero-order valence-electron chi connectivity index (χ0n) is 10.3. The van der Waals surface area contributed by atoms with E-state index in [0.29, 0.717) is 11.8 Å². The van der Waals surface area contributed by atoms with Crippen molar-refractivity contribution in [3.05, 3.63) is 27.7 Å². The van der Waals surface area contributed by atoms with Crippen LogP contribution in [-0.4, -0.2) is 20.0 Å². The molecule has 0 fully saturated rings. The molecule has 0 spiro atoms. The van der Waals surface area contributed by atoms with E-state index in [1.165, 1.54) is 0 Å². The van der Waals surface area contributed by atoms with Gasteiger partial charge in [0.25, 0.3) is 0 Å². The molecule has 2 rings (SSSR count). The topological polar surface area (TPSA) is 56.7 Å². The predicted molar refractivity (Wildman–Crippen MR) is 71.8 cm³/mol. The van der Waals surface area contributed by atoms with Crippen molar-refractivity contribution in [1.29, 1.82) is 0 Å². The van der Waals surface area contributed by atoms with Gasteiger partial charge < -0.3 is 4.42 Å². The van der Waals surface area contributed by atoms with Gasteiger partial charge in [-0.05, 0) is 36.4 Å². The van der Waals surface area contributed by atoms with Crippen molar-refractivity contribution in [2.75, 3.05) is 0 Å². The van der Waals surface area contributed by atoms with Crippen molar-refractivity contribution in [3.8, 4) is 0 Å². The summed E-state index contributed by atoms with van der Waals surface area (Å²) >= 11 is 2.23. The summed E-state index contributed by atoms with van der Waals surface area (Å²) in [5, 5.41) is 12.5. The first-order valence-electron chi connectivity index (χ1n) is 5.46. The molecule has 2 aromatic rings. The van der Waals surface area contributed by atoms with E-state index in [2.05, 4.69) is 37.9 Å². The van der Waals surface area contributed by atoms with E-state index in [1.807, 2.05) is 44.8 Å². The Bertz CT molecular complexity index is 515. The van der Waals surface area contributed by atoms with Crippen LogP contribution in [0.1, 0.15) is 45.4 Å². The molecule has 2 heterocycles. The molecule has 0 aliphatic heterocycles. The lowest BCUT2D eigenvalue weighted by atomic mass is 10.1. The molecule has 92 valence electrons. The van der Waals surface area contributed by atoms with Crippen molar-refractivity contribution in [3.63, 3.8) is 0 Å². The van der Waals surface area contributed by atoms with Crippen molar-refractivity contribution in [2.24, 2.45) is 0 Å². The number of hydrogen-bond acceptors (Lipinski definition) is 4. The number of rotatable bonds is 3. The molecular formula is C11H15IN4O. The summed E-state index contributed by atoms with van der Waals surface area (Å²) in [5.74, 6) is 1.49. The van der Waals surface area contributed by atoms with E-state index in [-0.39, 0.29) is 5.92 Å². The maximum absolute atomic E-state index is 5.69. The highest BCUT2D eigenvalue weighted by Gasteiger charge is 2.30. The standard InChI is InChI=1S/C11H15IN4O/c1-7(2)9-14-15-10(17-9)11(3,4)16-6-8(12)5-13-16/h5-7H,1-4H3. The van der Waals surface area contributed by atoms with Crippen LogP contribution in [0.5, 0.6) is 0 Å². The maximum atomic E-state index is 5.69. The molecule has 5 nitrogen and oxygen atoms in total. The fourth-order valence-corrected chi connectivity index (χ4v) is 1.81. The van der Waals surface area contributed by atoms with E-state index in [4.69, 9.17) is 4.42 Å². The van der Waals surface area contributed by atoms with Crippen LogP contribution in [0.3, 0.4) is 0 Å². The molecule has 0 radical (unpaired) electrons. The lowest BCUT2D eigenvalue weighted by molar-refractivity contribution is 0.286. The van der Waals surface area contributed by atoms with Crippen LogP contribution >= 0.6 is 22.6 Å². The molecule has 0 aliphatic carbocycles. The van der Waals surface area contributed by atoms with Crippen molar-refractivity contribution in [1.82, 2.24) is 20.0 Å². The third-order valence-electron chi connectivity index (χ3n) is 2.58. The van der Waals surface area contributed by atoms with Gasteiger partial charge in [0, 0.05) is 12.1 Å². The van der Waals surface area contributed by atoms with Gasteiger partial charge in [0.15, 0.2) is 0 Å². The van der Waals surface area contributed by atoms with Crippen molar-refractivity contribution >= 4 is 22.6 Å². The molecule has 0 amide bonds. The minimum Gasteiger partial charge on any atom is -0.422 e. The predicted octanol–water partition coefficient (Wildman–Crippen LogP) is 2.78. The fraction of sp³-hybridized carbons (Fsp3) is 0.545. The molecule has 0 saturated carbocycles. The Kier molecular flexibility index (Phi) is 3.24. The van der Waals surface area contributed by atoms with E-state index >= 15 is 0 Å². The van der Waals surface area contributed by atoms with Crippen LogP contribution in [0.25, 0.3) is 0 Å². The second kappa shape index (κ2) is 4.40. The van der Waals surface area contributed by atoms with Gasteiger partial charge >= 0.3 is 0 Å². The Morgan fingerprint density at radius 2 is 2.06 bits per heavy atom. The van der Waals surface area contributed by atoms with E-state index in [1.54, 1.807) is 0 Å². The normalized spacial score (nSPS) is 12.4. The fourth-order valence-electron chi connectivity index (χ4n) is 1.42. The monoisotopic (exact) mass is 346 g/mol. The Morgan fingerprint density at radius 3 is 2.53 bits per heavy atom. The van der Waals surface area contributed by atoms with Crippen LogP contribution in [-0.2, 0) is 5.54 Å². The second-order valence-corrected chi connectivity index (χ2v) is 6.01. The van der Waals surface area contributed by atoms with E-state index in [9.17, 15) is 0 Å².